The van der Waals surface area contributed by atoms with Gasteiger partial charge in [-0.25, -0.2) is 53.9 Å². The second-order valence-electron chi connectivity index (χ2n) is 12.4. The fourth-order valence-corrected chi connectivity index (χ4v) is 4.22. The molecule has 0 saturated heterocycles. The topological polar surface area (TPSA) is 65.2 Å². The van der Waals surface area contributed by atoms with Crippen LogP contribution in [-0.2, 0) is 27.9 Å². The van der Waals surface area contributed by atoms with Crippen LogP contribution in [0.1, 0.15) is 63.8 Å². The number of halogens is 12. The molecule has 0 fully saturated rings. The third-order valence-electron chi connectivity index (χ3n) is 6.79. The van der Waals surface area contributed by atoms with Crippen molar-refractivity contribution in [2.75, 3.05) is 0 Å². The Labute approximate surface area is 303 Å². The van der Waals surface area contributed by atoms with E-state index in [0.717, 1.165) is 12.4 Å². The van der Waals surface area contributed by atoms with Gasteiger partial charge < -0.3 is 10.2 Å². The molecule has 4 nitrogen and oxygen atoms in total. The van der Waals surface area contributed by atoms with Gasteiger partial charge in [-0.3, -0.25) is 0 Å². The minimum absolute atomic E-state index is 0.0892. The monoisotopic (exact) mass is 804 g/mol. The molecular weight excluding hydrogens is 777 g/mol. The van der Waals surface area contributed by atoms with Crippen molar-refractivity contribution >= 4 is 42.4 Å². The Morgan fingerprint density at radius 2 is 0.725 bits per heavy atom. The first-order chi connectivity index (χ1) is 23.5. The summed E-state index contributed by atoms with van der Waals surface area (Å²) in [7, 11) is 9.78. The van der Waals surface area contributed by atoms with E-state index in [1.54, 1.807) is 24.3 Å². The molecule has 51 heavy (non-hydrogen) atoms. The molecule has 4 aromatic rings. The average Bonchev–Trinajstić information content (AvgIpc) is 3.05. The van der Waals surface area contributed by atoms with Crippen LogP contribution < -0.4 is 0 Å². The Balaban J connectivity index is 0.000000328. The number of aliphatic imine (C=N–C) groups is 2. The van der Waals surface area contributed by atoms with Gasteiger partial charge in [-0.2, -0.15) is 0 Å². The first kappa shape index (κ1) is 43.6. The number of phenols is 2. The van der Waals surface area contributed by atoms with Gasteiger partial charge in [-0.1, -0.05) is 65.8 Å². The van der Waals surface area contributed by atoms with Crippen molar-refractivity contribution in [3.05, 3.63) is 117 Å². The number of phenolic OH excluding ortho intramolecular Hbond substituents is 2. The Hall–Kier alpha value is -3.59. The van der Waals surface area contributed by atoms with Crippen molar-refractivity contribution in [2.24, 2.45) is 9.98 Å². The number of hydrogen-bond acceptors (Lipinski definition) is 4. The Morgan fingerprint density at radius 3 is 0.961 bits per heavy atom. The predicted octanol–water partition coefficient (Wildman–Crippen LogP) is 11.6. The summed E-state index contributed by atoms with van der Waals surface area (Å²) < 4.78 is 133. The van der Waals surface area contributed by atoms with E-state index in [-0.39, 0.29) is 22.6 Å². The van der Waals surface area contributed by atoms with Crippen molar-refractivity contribution in [1.82, 2.24) is 0 Å². The molecule has 274 valence electrons. The van der Waals surface area contributed by atoms with Gasteiger partial charge in [-0.15, -0.1) is 0 Å². The molecule has 0 unspecified atom stereocenters. The van der Waals surface area contributed by atoms with E-state index < -0.39 is 97.4 Å². The Kier molecular flexibility index (Phi) is 15.2. The van der Waals surface area contributed by atoms with E-state index in [9.17, 15) is 54.1 Å². The molecule has 2 N–H and O–H groups in total. The normalized spacial score (nSPS) is 11.7. The summed E-state index contributed by atoms with van der Waals surface area (Å²) in [6.45, 7) is 11.0. The Morgan fingerprint density at radius 1 is 0.490 bits per heavy atom. The maximum atomic E-state index is 13.6. The number of aromatic hydroxyl groups is 2. The van der Waals surface area contributed by atoms with Gasteiger partial charge in [0.15, 0.2) is 46.5 Å². The van der Waals surface area contributed by atoms with Crippen molar-refractivity contribution in [2.45, 2.75) is 52.4 Å². The number of rotatable bonds is 4. The first-order valence-electron chi connectivity index (χ1n) is 14.2. The molecule has 0 amide bonds. The summed E-state index contributed by atoms with van der Waals surface area (Å²) in [5, 5.41) is 20.4. The standard InChI is InChI=1S/2C17H14F5NO.2ClH.Ti/c2*1-17(2,3)9-6-4-5-8(16(9)24)7-23-15-13(21)11(19)10(18)12(20)14(15)22;;;/h2*4-7,24H,1-3H3;2*1H;/q;;;;+2/p-2. The molecular formula is C34H28Cl2F10N2O2Ti. The summed E-state index contributed by atoms with van der Waals surface area (Å²) in [4.78, 5) is 6.68. The minimum atomic E-state index is -2.25. The van der Waals surface area contributed by atoms with Crippen molar-refractivity contribution in [3.63, 3.8) is 0 Å². The fourth-order valence-electron chi connectivity index (χ4n) is 4.22. The van der Waals surface area contributed by atoms with Gasteiger partial charge in [0.05, 0.1) is 0 Å². The second-order valence-corrected chi connectivity index (χ2v) is 15.0. The zero-order chi connectivity index (χ0) is 39.2. The summed E-state index contributed by atoms with van der Waals surface area (Å²) in [5.74, 6) is -21.3. The van der Waals surface area contributed by atoms with Crippen LogP contribution in [0, 0.1) is 58.2 Å². The van der Waals surface area contributed by atoms with Gasteiger partial charge in [0.25, 0.3) is 0 Å². The van der Waals surface area contributed by atoms with Crippen LogP contribution in [-0.4, -0.2) is 22.6 Å². The van der Waals surface area contributed by atoms with Crippen LogP contribution in [0.15, 0.2) is 46.4 Å². The fraction of sp³-hybridized carbons (Fsp3) is 0.235. The Bertz CT molecular complexity index is 1770. The molecule has 0 saturated carbocycles. The van der Waals surface area contributed by atoms with E-state index in [2.05, 4.69) is 9.98 Å². The average molecular weight is 805 g/mol. The summed E-state index contributed by atoms with van der Waals surface area (Å²) >= 11 is -0.556. The first-order valence-corrected chi connectivity index (χ1v) is 18.5. The third kappa shape index (κ3) is 10.3. The van der Waals surface area contributed by atoms with E-state index in [1.165, 1.54) is 12.1 Å². The third-order valence-corrected chi connectivity index (χ3v) is 6.79. The zero-order valence-corrected chi connectivity index (χ0v) is 30.5. The summed E-state index contributed by atoms with van der Waals surface area (Å²) in [6.07, 6.45) is 1.70. The molecule has 0 radical (unpaired) electrons. The zero-order valence-electron chi connectivity index (χ0n) is 27.4. The molecule has 0 heterocycles. The summed E-state index contributed by atoms with van der Waals surface area (Å²) in [6, 6.07) is 9.29. The molecule has 4 aromatic carbocycles. The number of hydrogen-bond donors (Lipinski definition) is 2. The van der Waals surface area contributed by atoms with Crippen LogP contribution >= 0.6 is 18.6 Å². The van der Waals surface area contributed by atoms with E-state index in [1.807, 2.05) is 41.5 Å². The molecule has 0 aliphatic heterocycles. The van der Waals surface area contributed by atoms with E-state index in [0.29, 0.717) is 11.1 Å². The second kappa shape index (κ2) is 17.8. The number of para-hydroxylation sites is 2. The van der Waals surface area contributed by atoms with Gasteiger partial charge in [0.2, 0.25) is 11.6 Å². The van der Waals surface area contributed by atoms with Gasteiger partial charge in [0, 0.05) is 23.6 Å². The van der Waals surface area contributed by atoms with Gasteiger partial charge >= 0.3 is 35.6 Å². The van der Waals surface area contributed by atoms with Gasteiger partial charge in [0.1, 0.15) is 22.9 Å². The van der Waals surface area contributed by atoms with E-state index >= 15 is 0 Å². The molecule has 0 aromatic heterocycles. The molecule has 0 atom stereocenters. The van der Waals surface area contributed by atoms with Crippen LogP contribution in [0.5, 0.6) is 11.5 Å². The van der Waals surface area contributed by atoms with Crippen LogP contribution in [0.25, 0.3) is 0 Å². The van der Waals surface area contributed by atoms with Crippen LogP contribution in [0.3, 0.4) is 0 Å². The van der Waals surface area contributed by atoms with Crippen molar-refractivity contribution in [3.8, 4) is 11.5 Å². The number of nitrogens with zero attached hydrogens (tertiary/aromatic N) is 2. The predicted molar refractivity (Wildman–Crippen MR) is 172 cm³/mol. The molecule has 17 heteroatoms. The van der Waals surface area contributed by atoms with Gasteiger partial charge in [-0.05, 0) is 34.1 Å². The van der Waals surface area contributed by atoms with Crippen molar-refractivity contribution in [1.29, 1.82) is 0 Å². The molecule has 4 rings (SSSR count). The van der Waals surface area contributed by atoms with Crippen LogP contribution in [0.2, 0.25) is 0 Å². The molecule has 0 bridgehead atoms. The van der Waals surface area contributed by atoms with E-state index in [4.69, 9.17) is 18.6 Å². The maximum absolute atomic E-state index is 13.6. The molecule has 0 spiro atoms. The van der Waals surface area contributed by atoms with Crippen LogP contribution in [0.4, 0.5) is 55.3 Å². The molecule has 0 aliphatic carbocycles. The number of benzene rings is 4. The quantitative estimate of drug-likeness (QED) is 0.0709. The van der Waals surface area contributed by atoms with Crippen molar-refractivity contribution < 1.29 is 71.1 Å². The molecule has 0 aliphatic rings. The summed E-state index contributed by atoms with van der Waals surface area (Å²) in [5.41, 5.74) is -2.19. The SMILES string of the molecule is CC(C)(C)c1cccc(C=Nc2c(F)c(F)c(F)c(F)c2F)c1O.CC(C)(C)c1cccc(C=Nc2c(F)c(F)c(F)c(F)c2F)c1O.[Cl][Ti][Cl].